The van der Waals surface area contributed by atoms with Gasteiger partial charge in [-0.3, -0.25) is 0 Å². The first-order chi connectivity index (χ1) is 11.7. The topological polar surface area (TPSA) is 0 Å². The Morgan fingerprint density at radius 2 is 1.16 bits per heavy atom. The first-order valence-electron chi connectivity index (χ1n) is 11.4. The fourth-order valence-corrected chi connectivity index (χ4v) is 7.34. The van der Waals surface area contributed by atoms with E-state index >= 15 is 0 Å². The molecule has 1 saturated carbocycles. The van der Waals surface area contributed by atoms with Gasteiger partial charge in [0.1, 0.15) is 16.8 Å². The Hall–Kier alpha value is 0.350. The molecule has 0 amide bonds. The van der Waals surface area contributed by atoms with Crippen LogP contribution < -0.4 is 0 Å². The summed E-state index contributed by atoms with van der Waals surface area (Å²) in [6, 6.07) is 0. The molecule has 25 heavy (non-hydrogen) atoms. The summed E-state index contributed by atoms with van der Waals surface area (Å²) >= 11 is 0. The lowest BCUT2D eigenvalue weighted by Crippen LogP contribution is -2.34. The molecule has 1 rings (SSSR count). The van der Waals surface area contributed by atoms with Crippen LogP contribution in [0.5, 0.6) is 0 Å². The highest BCUT2D eigenvalue weighted by molar-refractivity contribution is 7.97. The van der Waals surface area contributed by atoms with Crippen LogP contribution in [0.1, 0.15) is 113 Å². The van der Waals surface area contributed by atoms with Crippen LogP contribution in [0.15, 0.2) is 0 Å². The molecular weight excluding hydrogens is 320 g/mol. The highest BCUT2D eigenvalue weighted by Crippen LogP contribution is 2.40. The van der Waals surface area contributed by atoms with E-state index in [1.165, 1.54) is 64.2 Å². The van der Waals surface area contributed by atoms with Crippen LogP contribution in [-0.2, 0) is 10.9 Å². The average Bonchev–Trinajstić information content (AvgIpc) is 2.52. The summed E-state index contributed by atoms with van der Waals surface area (Å²) in [4.78, 5) is 0. The largest absolute Gasteiger partial charge is 0.118 e. The van der Waals surface area contributed by atoms with Crippen LogP contribution in [0.3, 0.4) is 0 Å². The Morgan fingerprint density at radius 3 is 1.52 bits per heavy atom. The molecular formula is C24H49S+. The van der Waals surface area contributed by atoms with Gasteiger partial charge < -0.3 is 0 Å². The molecule has 0 atom stereocenters. The van der Waals surface area contributed by atoms with Crippen molar-refractivity contribution in [2.24, 2.45) is 23.2 Å². The molecule has 1 fully saturated rings. The Labute approximate surface area is 163 Å². The smallest absolute Gasteiger partial charge is 0.0628 e. The molecule has 0 bridgehead atoms. The van der Waals surface area contributed by atoms with E-state index in [2.05, 4.69) is 48.5 Å². The quantitative estimate of drug-likeness (QED) is 0.257. The van der Waals surface area contributed by atoms with Gasteiger partial charge in [-0.05, 0) is 85.4 Å². The maximum Gasteiger partial charge on any atom is 0.118 e. The van der Waals surface area contributed by atoms with Crippen LogP contribution in [-0.4, -0.2) is 16.8 Å². The second-order valence-corrected chi connectivity index (χ2v) is 13.1. The number of hydrogen-bond donors (Lipinski definition) is 0. The Morgan fingerprint density at radius 1 is 0.720 bits per heavy atom. The summed E-state index contributed by atoms with van der Waals surface area (Å²) in [5.41, 5.74) is 0.526. The van der Waals surface area contributed by atoms with Gasteiger partial charge in [0.2, 0.25) is 0 Å². The van der Waals surface area contributed by atoms with Gasteiger partial charge in [0.05, 0.1) is 0 Å². The van der Waals surface area contributed by atoms with Crippen molar-refractivity contribution >= 4 is 10.9 Å². The van der Waals surface area contributed by atoms with Crippen molar-refractivity contribution in [1.82, 2.24) is 0 Å². The van der Waals surface area contributed by atoms with Crippen molar-refractivity contribution < 1.29 is 0 Å². The average molecular weight is 370 g/mol. The molecule has 0 unspecified atom stereocenters. The summed E-state index contributed by atoms with van der Waals surface area (Å²) in [5.74, 6) is 5.82. The Bertz CT molecular complexity index is 301. The molecule has 0 spiro atoms. The number of unbranched alkanes of at least 4 members (excludes halogenated alkanes) is 2. The van der Waals surface area contributed by atoms with Gasteiger partial charge in [-0.25, -0.2) is 0 Å². The molecule has 0 radical (unpaired) electrons. The molecule has 0 N–H and O–H groups in total. The van der Waals surface area contributed by atoms with E-state index in [9.17, 15) is 0 Å². The maximum atomic E-state index is 2.45. The lowest BCUT2D eigenvalue weighted by Gasteiger charge is -2.36. The Balaban J connectivity index is 2.43. The summed E-state index contributed by atoms with van der Waals surface area (Å²) in [6.45, 7) is 16.9. The van der Waals surface area contributed by atoms with Crippen molar-refractivity contribution in [3.63, 3.8) is 0 Å². The highest BCUT2D eigenvalue weighted by atomic mass is 32.2. The molecule has 0 aliphatic heterocycles. The van der Waals surface area contributed by atoms with Crippen molar-refractivity contribution in [3.05, 3.63) is 0 Å². The monoisotopic (exact) mass is 369 g/mol. The minimum absolute atomic E-state index is 0.526. The van der Waals surface area contributed by atoms with Gasteiger partial charge in [0.25, 0.3) is 0 Å². The van der Waals surface area contributed by atoms with Crippen molar-refractivity contribution in [2.45, 2.75) is 118 Å². The number of rotatable bonds is 11. The van der Waals surface area contributed by atoms with Crippen molar-refractivity contribution in [3.8, 4) is 0 Å². The van der Waals surface area contributed by atoms with Crippen LogP contribution in [0.2, 0.25) is 0 Å². The summed E-state index contributed by atoms with van der Waals surface area (Å²) < 4.78 is 0. The lowest BCUT2D eigenvalue weighted by atomic mass is 9.72. The molecule has 0 aromatic carbocycles. The number of hydrogen-bond acceptors (Lipinski definition) is 0. The van der Waals surface area contributed by atoms with E-state index in [4.69, 9.17) is 0 Å². The fourth-order valence-electron chi connectivity index (χ4n) is 4.38. The van der Waals surface area contributed by atoms with E-state index < -0.39 is 0 Å². The third kappa shape index (κ3) is 10.3. The van der Waals surface area contributed by atoms with E-state index in [0.29, 0.717) is 5.41 Å². The van der Waals surface area contributed by atoms with Crippen LogP contribution in [0.25, 0.3) is 0 Å². The molecule has 0 nitrogen and oxygen atoms in total. The standard InChI is InChI=1S/C24H49S/c1-20(2)12-8-10-18-25(19-11-9-13-21(3)4)23-16-14-22(15-17-23)24(5,6)7/h20-23H,8-19H2,1-7H3/q+1. The molecule has 0 aromatic rings. The van der Waals surface area contributed by atoms with E-state index in [1.807, 2.05) is 0 Å². The second kappa shape index (κ2) is 11.9. The highest BCUT2D eigenvalue weighted by Gasteiger charge is 2.37. The maximum absolute atomic E-state index is 2.45. The molecule has 1 aliphatic rings. The minimum atomic E-state index is 0.526. The van der Waals surface area contributed by atoms with Crippen LogP contribution >= 0.6 is 0 Å². The second-order valence-electron chi connectivity index (χ2n) is 10.6. The predicted octanol–water partition coefficient (Wildman–Crippen LogP) is 7.86. The fraction of sp³-hybridized carbons (Fsp3) is 1.00. The molecule has 0 aromatic heterocycles. The third-order valence-corrected chi connectivity index (χ3v) is 9.29. The molecule has 1 aliphatic carbocycles. The Kier molecular flexibility index (Phi) is 11.2. The molecule has 1 heteroatoms. The van der Waals surface area contributed by atoms with Crippen molar-refractivity contribution in [2.75, 3.05) is 11.5 Å². The summed E-state index contributed by atoms with van der Waals surface area (Å²) in [6.07, 6.45) is 14.8. The third-order valence-electron chi connectivity index (χ3n) is 6.25. The van der Waals surface area contributed by atoms with Crippen LogP contribution in [0.4, 0.5) is 0 Å². The minimum Gasteiger partial charge on any atom is -0.0628 e. The lowest BCUT2D eigenvalue weighted by molar-refractivity contribution is 0.182. The van der Waals surface area contributed by atoms with Gasteiger partial charge in [-0.1, -0.05) is 61.3 Å². The zero-order chi connectivity index (χ0) is 18.9. The van der Waals surface area contributed by atoms with Gasteiger partial charge >= 0.3 is 0 Å². The van der Waals surface area contributed by atoms with Gasteiger partial charge in [-0.2, -0.15) is 0 Å². The zero-order valence-corrected chi connectivity index (χ0v) is 19.5. The van der Waals surface area contributed by atoms with Gasteiger partial charge in [0.15, 0.2) is 0 Å². The van der Waals surface area contributed by atoms with E-state index in [1.54, 1.807) is 11.5 Å². The summed E-state index contributed by atoms with van der Waals surface area (Å²) in [5, 5.41) is 1.07. The SMILES string of the molecule is CC(C)CCCC[S+](CCCCC(C)C)C1CCC(C(C)(C)C)CC1. The predicted molar refractivity (Wildman–Crippen MR) is 120 cm³/mol. The first-order valence-corrected chi connectivity index (χ1v) is 13.0. The summed E-state index contributed by atoms with van der Waals surface area (Å²) in [7, 11) is 0.718. The van der Waals surface area contributed by atoms with Crippen molar-refractivity contribution in [1.29, 1.82) is 0 Å². The molecule has 0 saturated heterocycles. The van der Waals surface area contributed by atoms with E-state index in [0.717, 1.165) is 33.9 Å². The zero-order valence-electron chi connectivity index (χ0n) is 18.7. The van der Waals surface area contributed by atoms with E-state index in [-0.39, 0.29) is 0 Å². The van der Waals surface area contributed by atoms with Gasteiger partial charge in [0, 0.05) is 0 Å². The molecule has 150 valence electrons. The van der Waals surface area contributed by atoms with Gasteiger partial charge in [-0.15, -0.1) is 0 Å². The van der Waals surface area contributed by atoms with Crippen LogP contribution in [0, 0.1) is 23.2 Å². The normalized spacial score (nSPS) is 22.3. The molecule has 0 heterocycles. The first kappa shape index (κ1) is 23.4.